The van der Waals surface area contributed by atoms with Crippen molar-refractivity contribution in [3.05, 3.63) is 35.4 Å². The van der Waals surface area contributed by atoms with Crippen LogP contribution in [0.3, 0.4) is 0 Å². The maximum atomic E-state index is 7.66. The zero-order valence-corrected chi connectivity index (χ0v) is 8.54. The summed E-state index contributed by atoms with van der Waals surface area (Å²) < 4.78 is 0. The molecule has 14 heavy (non-hydrogen) atoms. The van der Waals surface area contributed by atoms with Crippen molar-refractivity contribution in [1.29, 1.82) is 5.41 Å². The third-order valence-electron chi connectivity index (χ3n) is 2.66. The van der Waals surface area contributed by atoms with Gasteiger partial charge in [-0.15, -0.1) is 0 Å². The van der Waals surface area contributed by atoms with Crippen molar-refractivity contribution in [2.75, 3.05) is 0 Å². The highest BCUT2D eigenvalue weighted by Crippen LogP contribution is 2.31. The molecule has 0 unspecified atom stereocenters. The summed E-state index contributed by atoms with van der Waals surface area (Å²) in [6.45, 7) is 4.32. The first-order valence-corrected chi connectivity index (χ1v) is 4.80. The topological polar surface area (TPSA) is 36.2 Å². The SMILES string of the molecule is CC1(C)CC(=N)N=Cc2ccccc21. The van der Waals surface area contributed by atoms with Crippen LogP contribution >= 0.6 is 0 Å². The van der Waals surface area contributed by atoms with E-state index in [1.54, 1.807) is 6.21 Å². The van der Waals surface area contributed by atoms with Gasteiger partial charge in [-0.3, -0.25) is 5.41 Å². The van der Waals surface area contributed by atoms with Crippen LogP contribution < -0.4 is 0 Å². The minimum atomic E-state index is 0.0180. The number of rotatable bonds is 0. The first kappa shape index (κ1) is 9.13. The molecule has 0 radical (unpaired) electrons. The smallest absolute Gasteiger partial charge is 0.121 e. The van der Waals surface area contributed by atoms with Gasteiger partial charge in [-0.05, 0) is 16.5 Å². The predicted molar refractivity (Wildman–Crippen MR) is 59.4 cm³/mol. The van der Waals surface area contributed by atoms with Gasteiger partial charge < -0.3 is 0 Å². The number of nitrogens with zero attached hydrogens (tertiary/aromatic N) is 1. The number of nitrogens with one attached hydrogen (secondary N) is 1. The molecular formula is C12H14N2. The van der Waals surface area contributed by atoms with E-state index in [9.17, 15) is 0 Å². The van der Waals surface area contributed by atoms with Crippen LogP contribution in [0.4, 0.5) is 0 Å². The van der Waals surface area contributed by atoms with Gasteiger partial charge in [0, 0.05) is 12.6 Å². The Morgan fingerprint density at radius 3 is 2.79 bits per heavy atom. The number of benzene rings is 1. The fraction of sp³-hybridized carbons (Fsp3) is 0.333. The van der Waals surface area contributed by atoms with E-state index < -0.39 is 0 Å². The highest BCUT2D eigenvalue weighted by atomic mass is 14.8. The lowest BCUT2D eigenvalue weighted by Gasteiger charge is -2.24. The molecule has 0 bridgehead atoms. The summed E-state index contributed by atoms with van der Waals surface area (Å²) in [5, 5.41) is 7.66. The van der Waals surface area contributed by atoms with E-state index in [0.717, 1.165) is 5.56 Å². The van der Waals surface area contributed by atoms with Crippen molar-refractivity contribution >= 4 is 12.1 Å². The molecule has 2 nitrogen and oxygen atoms in total. The molecule has 0 aliphatic carbocycles. The summed E-state index contributed by atoms with van der Waals surface area (Å²) in [4.78, 5) is 4.12. The number of fused-ring (bicyclic) bond motifs is 1. The largest absolute Gasteiger partial charge is 0.287 e. The van der Waals surface area contributed by atoms with Crippen molar-refractivity contribution in [3.63, 3.8) is 0 Å². The van der Waals surface area contributed by atoms with Crippen molar-refractivity contribution in [2.45, 2.75) is 25.7 Å². The molecular weight excluding hydrogens is 172 g/mol. The summed E-state index contributed by atoms with van der Waals surface area (Å²) in [6, 6.07) is 8.23. The first-order chi connectivity index (χ1) is 6.59. The first-order valence-electron chi connectivity index (χ1n) is 4.80. The Morgan fingerprint density at radius 2 is 2.00 bits per heavy atom. The van der Waals surface area contributed by atoms with Gasteiger partial charge >= 0.3 is 0 Å². The van der Waals surface area contributed by atoms with Gasteiger partial charge in [0.2, 0.25) is 0 Å². The summed E-state index contributed by atoms with van der Waals surface area (Å²) >= 11 is 0. The molecule has 1 aliphatic rings. The summed E-state index contributed by atoms with van der Waals surface area (Å²) in [5.41, 5.74) is 2.44. The van der Waals surface area contributed by atoms with Crippen LogP contribution in [-0.4, -0.2) is 12.1 Å². The van der Waals surface area contributed by atoms with E-state index in [0.29, 0.717) is 12.3 Å². The molecule has 1 aromatic rings. The lowest BCUT2D eigenvalue weighted by molar-refractivity contribution is 0.548. The maximum absolute atomic E-state index is 7.66. The quantitative estimate of drug-likeness (QED) is 0.647. The predicted octanol–water partition coefficient (Wildman–Crippen LogP) is 2.76. The van der Waals surface area contributed by atoms with Crippen molar-refractivity contribution in [3.8, 4) is 0 Å². The van der Waals surface area contributed by atoms with Crippen molar-refractivity contribution < 1.29 is 0 Å². The van der Waals surface area contributed by atoms with E-state index in [-0.39, 0.29) is 5.41 Å². The molecule has 0 fully saturated rings. The average molecular weight is 186 g/mol. The van der Waals surface area contributed by atoms with Gasteiger partial charge in [-0.25, -0.2) is 4.99 Å². The monoisotopic (exact) mass is 186 g/mol. The second-order valence-electron chi connectivity index (χ2n) is 4.35. The zero-order chi connectivity index (χ0) is 10.2. The van der Waals surface area contributed by atoms with Gasteiger partial charge in [0.05, 0.1) is 0 Å². The second-order valence-corrected chi connectivity index (χ2v) is 4.35. The summed E-state index contributed by atoms with van der Waals surface area (Å²) in [6.07, 6.45) is 2.51. The number of amidine groups is 1. The van der Waals surface area contributed by atoms with Crippen LogP contribution in [0.2, 0.25) is 0 Å². The van der Waals surface area contributed by atoms with Gasteiger partial charge in [0.25, 0.3) is 0 Å². The molecule has 0 spiro atoms. The highest BCUT2D eigenvalue weighted by Gasteiger charge is 2.26. The highest BCUT2D eigenvalue weighted by molar-refractivity contribution is 5.96. The Kier molecular flexibility index (Phi) is 1.99. The molecule has 1 N–H and O–H groups in total. The molecule has 2 rings (SSSR count). The van der Waals surface area contributed by atoms with Crippen LogP contribution in [-0.2, 0) is 5.41 Å². The van der Waals surface area contributed by atoms with Gasteiger partial charge in [0.15, 0.2) is 0 Å². The third-order valence-corrected chi connectivity index (χ3v) is 2.66. The lowest BCUT2D eigenvalue weighted by atomic mass is 9.79. The number of hydrogen-bond donors (Lipinski definition) is 1. The number of aliphatic imine (C=N–C) groups is 1. The molecule has 1 aliphatic heterocycles. The fourth-order valence-corrected chi connectivity index (χ4v) is 1.93. The third kappa shape index (κ3) is 1.48. The Morgan fingerprint density at radius 1 is 1.29 bits per heavy atom. The minimum absolute atomic E-state index is 0.0180. The van der Waals surface area contributed by atoms with E-state index in [1.807, 2.05) is 12.1 Å². The molecule has 0 atom stereocenters. The Hall–Kier alpha value is -1.44. The Bertz CT molecular complexity index is 403. The molecule has 0 saturated carbocycles. The van der Waals surface area contributed by atoms with E-state index in [1.165, 1.54) is 5.56 Å². The maximum Gasteiger partial charge on any atom is 0.121 e. The molecule has 2 heteroatoms. The molecule has 72 valence electrons. The molecule has 0 saturated heterocycles. The second kappa shape index (κ2) is 3.05. The fourth-order valence-electron chi connectivity index (χ4n) is 1.93. The van der Waals surface area contributed by atoms with Crippen LogP contribution in [0.25, 0.3) is 0 Å². The number of hydrogen-bond acceptors (Lipinski definition) is 1. The molecule has 0 aromatic heterocycles. The molecule has 0 amide bonds. The van der Waals surface area contributed by atoms with E-state index in [4.69, 9.17) is 5.41 Å². The van der Waals surface area contributed by atoms with Crippen LogP contribution in [0, 0.1) is 5.41 Å². The summed E-state index contributed by atoms with van der Waals surface area (Å²) in [7, 11) is 0. The Labute approximate surface area is 84.2 Å². The lowest BCUT2D eigenvalue weighted by Crippen LogP contribution is -2.20. The van der Waals surface area contributed by atoms with Gasteiger partial charge in [-0.1, -0.05) is 38.1 Å². The van der Waals surface area contributed by atoms with Crippen LogP contribution in [0.1, 0.15) is 31.4 Å². The molecule has 1 aromatic carbocycles. The standard InChI is InChI=1S/C12H14N2/c1-12(2)7-11(13)14-8-9-5-3-4-6-10(9)12/h3-6,8,13H,7H2,1-2H3. The average Bonchev–Trinajstić information content (AvgIpc) is 2.24. The minimum Gasteiger partial charge on any atom is -0.287 e. The summed E-state index contributed by atoms with van der Waals surface area (Å²) in [5.74, 6) is 0.464. The van der Waals surface area contributed by atoms with E-state index >= 15 is 0 Å². The van der Waals surface area contributed by atoms with Crippen LogP contribution in [0.15, 0.2) is 29.3 Å². The van der Waals surface area contributed by atoms with Gasteiger partial charge in [0.1, 0.15) is 5.84 Å². The van der Waals surface area contributed by atoms with Gasteiger partial charge in [-0.2, -0.15) is 0 Å². The Balaban J connectivity index is 2.60. The van der Waals surface area contributed by atoms with Crippen molar-refractivity contribution in [2.24, 2.45) is 4.99 Å². The van der Waals surface area contributed by atoms with E-state index in [2.05, 4.69) is 31.0 Å². The zero-order valence-electron chi connectivity index (χ0n) is 8.54. The van der Waals surface area contributed by atoms with Crippen molar-refractivity contribution in [1.82, 2.24) is 0 Å². The van der Waals surface area contributed by atoms with Crippen LogP contribution in [0.5, 0.6) is 0 Å². The normalized spacial score (nSPS) is 18.9. The molecule has 1 heterocycles.